The summed E-state index contributed by atoms with van der Waals surface area (Å²) in [6.07, 6.45) is 6.94. The molecule has 1 aromatic carbocycles. The maximum Gasteiger partial charge on any atom is 0.244 e. The third kappa shape index (κ3) is 3.70. The van der Waals surface area contributed by atoms with Crippen molar-refractivity contribution >= 4 is 22.9 Å². The number of carbonyl (C=O) groups excluding carboxylic acids is 1. The molecule has 1 amide bonds. The highest BCUT2D eigenvalue weighted by atomic mass is 32.1. The normalized spacial score (nSPS) is 10.8. The van der Waals surface area contributed by atoms with Crippen molar-refractivity contribution in [2.24, 2.45) is 0 Å². The summed E-state index contributed by atoms with van der Waals surface area (Å²) in [6, 6.07) is 9.83. The van der Waals surface area contributed by atoms with E-state index in [4.69, 9.17) is 0 Å². The van der Waals surface area contributed by atoms with Crippen molar-refractivity contribution in [3.63, 3.8) is 0 Å². The molecule has 3 aromatic heterocycles. The molecule has 1 N–H and O–H groups in total. The third-order valence-electron chi connectivity index (χ3n) is 4.56. The van der Waals surface area contributed by atoms with E-state index >= 15 is 0 Å². The number of carbonyl (C=O) groups is 1. The van der Waals surface area contributed by atoms with E-state index in [-0.39, 0.29) is 12.5 Å². The number of hydrogen-bond donors (Lipinski definition) is 1. The Labute approximate surface area is 166 Å². The molecule has 6 nitrogen and oxygen atoms in total. The maximum absolute atomic E-state index is 12.5. The average Bonchev–Trinajstić information content (AvgIpc) is 3.38. The molecular formula is C21H19N5OS. The number of anilines is 1. The van der Waals surface area contributed by atoms with Gasteiger partial charge in [0.2, 0.25) is 5.91 Å². The van der Waals surface area contributed by atoms with Crippen molar-refractivity contribution in [3.8, 4) is 22.1 Å². The standard InChI is InChI=1S/C21H19N5OS/c1-14-5-3-6-17(15(14)2)25-19(27)13-26-9-8-22-21(26)16-11-23-20(24-12-16)18-7-4-10-28-18/h3-12H,13H2,1-2H3,(H,25,27). The van der Waals surface area contributed by atoms with Gasteiger partial charge in [0.25, 0.3) is 0 Å². The van der Waals surface area contributed by atoms with Gasteiger partial charge < -0.3 is 9.88 Å². The van der Waals surface area contributed by atoms with Gasteiger partial charge in [0, 0.05) is 30.5 Å². The fourth-order valence-corrected chi connectivity index (χ4v) is 3.58. The molecule has 0 saturated heterocycles. The zero-order valence-electron chi connectivity index (χ0n) is 15.6. The van der Waals surface area contributed by atoms with Crippen LogP contribution in [0.3, 0.4) is 0 Å². The van der Waals surface area contributed by atoms with Crippen molar-refractivity contribution in [3.05, 3.63) is 71.6 Å². The third-order valence-corrected chi connectivity index (χ3v) is 5.43. The summed E-state index contributed by atoms with van der Waals surface area (Å²) in [4.78, 5) is 26.8. The predicted octanol–water partition coefficient (Wildman–Crippen LogP) is 4.32. The maximum atomic E-state index is 12.5. The molecular weight excluding hydrogens is 370 g/mol. The molecule has 0 spiro atoms. The van der Waals surface area contributed by atoms with E-state index in [2.05, 4.69) is 20.3 Å². The Morgan fingerprint density at radius 1 is 1.11 bits per heavy atom. The Morgan fingerprint density at radius 3 is 2.68 bits per heavy atom. The fourth-order valence-electron chi connectivity index (χ4n) is 2.90. The van der Waals surface area contributed by atoms with Crippen LogP contribution in [0.5, 0.6) is 0 Å². The average molecular weight is 389 g/mol. The van der Waals surface area contributed by atoms with Crippen LogP contribution < -0.4 is 5.32 Å². The molecule has 0 atom stereocenters. The van der Waals surface area contributed by atoms with Gasteiger partial charge in [-0.05, 0) is 42.5 Å². The van der Waals surface area contributed by atoms with Gasteiger partial charge in [-0.1, -0.05) is 18.2 Å². The van der Waals surface area contributed by atoms with E-state index in [1.807, 2.05) is 49.6 Å². The first-order valence-electron chi connectivity index (χ1n) is 8.85. The number of aryl methyl sites for hydroxylation is 1. The number of imidazole rings is 1. The van der Waals surface area contributed by atoms with Gasteiger partial charge in [0.05, 0.1) is 10.4 Å². The van der Waals surface area contributed by atoms with Crippen LogP contribution in [0.4, 0.5) is 5.69 Å². The monoisotopic (exact) mass is 389 g/mol. The van der Waals surface area contributed by atoms with E-state index in [0.29, 0.717) is 11.6 Å². The lowest BCUT2D eigenvalue weighted by atomic mass is 10.1. The number of nitrogens with one attached hydrogen (secondary N) is 1. The largest absolute Gasteiger partial charge is 0.324 e. The number of benzene rings is 1. The molecule has 0 fully saturated rings. The van der Waals surface area contributed by atoms with Crippen molar-refractivity contribution in [1.82, 2.24) is 19.5 Å². The smallest absolute Gasteiger partial charge is 0.244 e. The van der Waals surface area contributed by atoms with E-state index in [9.17, 15) is 4.79 Å². The van der Waals surface area contributed by atoms with Crippen LogP contribution in [0.2, 0.25) is 0 Å². The highest BCUT2D eigenvalue weighted by molar-refractivity contribution is 7.13. The summed E-state index contributed by atoms with van der Waals surface area (Å²) >= 11 is 1.60. The summed E-state index contributed by atoms with van der Waals surface area (Å²) in [5.74, 6) is 1.24. The second-order valence-corrected chi connectivity index (χ2v) is 7.39. The molecule has 140 valence electrons. The zero-order chi connectivity index (χ0) is 19.5. The van der Waals surface area contributed by atoms with Crippen LogP contribution >= 0.6 is 11.3 Å². The van der Waals surface area contributed by atoms with Gasteiger partial charge >= 0.3 is 0 Å². The van der Waals surface area contributed by atoms with Gasteiger partial charge in [0.15, 0.2) is 5.82 Å². The lowest BCUT2D eigenvalue weighted by molar-refractivity contribution is -0.116. The minimum Gasteiger partial charge on any atom is -0.324 e. The lowest BCUT2D eigenvalue weighted by Gasteiger charge is -2.12. The highest BCUT2D eigenvalue weighted by Crippen LogP contribution is 2.23. The molecule has 3 heterocycles. The van der Waals surface area contributed by atoms with Crippen LogP contribution in [-0.4, -0.2) is 25.4 Å². The Balaban J connectivity index is 1.51. The highest BCUT2D eigenvalue weighted by Gasteiger charge is 2.12. The van der Waals surface area contributed by atoms with Crippen molar-refractivity contribution in [2.75, 3.05) is 5.32 Å². The first-order valence-corrected chi connectivity index (χ1v) is 9.73. The quantitative estimate of drug-likeness (QED) is 0.552. The SMILES string of the molecule is Cc1cccc(NC(=O)Cn2ccnc2-c2cnc(-c3cccs3)nc2)c1C. The predicted molar refractivity (Wildman–Crippen MR) is 111 cm³/mol. The second-order valence-electron chi connectivity index (χ2n) is 6.45. The molecule has 4 aromatic rings. The summed E-state index contributed by atoms with van der Waals surface area (Å²) in [6.45, 7) is 4.19. The van der Waals surface area contributed by atoms with Crippen LogP contribution in [0.25, 0.3) is 22.1 Å². The number of amides is 1. The summed E-state index contributed by atoms with van der Waals surface area (Å²) < 4.78 is 1.80. The van der Waals surface area contributed by atoms with Crippen molar-refractivity contribution in [2.45, 2.75) is 20.4 Å². The first kappa shape index (κ1) is 18.1. The number of thiophene rings is 1. The molecule has 0 aliphatic rings. The van der Waals surface area contributed by atoms with Gasteiger partial charge in [-0.2, -0.15) is 0 Å². The molecule has 7 heteroatoms. The van der Waals surface area contributed by atoms with Crippen LogP contribution in [0.1, 0.15) is 11.1 Å². The molecule has 0 aliphatic heterocycles. The zero-order valence-corrected chi connectivity index (χ0v) is 16.4. The number of aromatic nitrogens is 4. The minimum absolute atomic E-state index is 0.107. The van der Waals surface area contributed by atoms with Crippen LogP contribution in [-0.2, 0) is 11.3 Å². The number of nitrogens with zero attached hydrogens (tertiary/aromatic N) is 4. The molecule has 0 radical (unpaired) electrons. The summed E-state index contributed by atoms with van der Waals surface area (Å²) in [5, 5.41) is 4.97. The van der Waals surface area contributed by atoms with E-state index in [1.54, 1.807) is 40.7 Å². The Bertz CT molecular complexity index is 1100. The summed E-state index contributed by atoms with van der Waals surface area (Å²) in [5.41, 5.74) is 3.81. The Morgan fingerprint density at radius 2 is 1.93 bits per heavy atom. The topological polar surface area (TPSA) is 72.7 Å². The molecule has 28 heavy (non-hydrogen) atoms. The summed E-state index contributed by atoms with van der Waals surface area (Å²) in [7, 11) is 0. The van der Waals surface area contributed by atoms with Crippen molar-refractivity contribution in [1.29, 1.82) is 0 Å². The van der Waals surface area contributed by atoms with Crippen LogP contribution in [0.15, 0.2) is 60.5 Å². The first-order chi connectivity index (χ1) is 13.6. The van der Waals surface area contributed by atoms with Gasteiger partial charge in [-0.25, -0.2) is 15.0 Å². The number of rotatable bonds is 5. The van der Waals surface area contributed by atoms with Gasteiger partial charge in [-0.15, -0.1) is 11.3 Å². The Hall–Kier alpha value is -3.32. The van der Waals surface area contributed by atoms with E-state index < -0.39 is 0 Å². The molecule has 0 unspecified atom stereocenters. The second kappa shape index (κ2) is 7.74. The van der Waals surface area contributed by atoms with Gasteiger partial charge in [0.1, 0.15) is 12.4 Å². The van der Waals surface area contributed by atoms with E-state index in [1.165, 1.54) is 0 Å². The fraction of sp³-hybridized carbons (Fsp3) is 0.143. The molecule has 4 rings (SSSR count). The molecule has 0 bridgehead atoms. The number of hydrogen-bond acceptors (Lipinski definition) is 5. The van der Waals surface area contributed by atoms with Gasteiger partial charge in [-0.3, -0.25) is 4.79 Å². The molecule has 0 aliphatic carbocycles. The lowest BCUT2D eigenvalue weighted by Crippen LogP contribution is -2.19. The van der Waals surface area contributed by atoms with Crippen LogP contribution in [0, 0.1) is 13.8 Å². The van der Waals surface area contributed by atoms with E-state index in [0.717, 1.165) is 27.3 Å². The van der Waals surface area contributed by atoms with Crippen molar-refractivity contribution < 1.29 is 4.79 Å². The molecule has 0 saturated carbocycles. The Kier molecular flexibility index (Phi) is 4.99. The minimum atomic E-state index is -0.107.